The molecule has 0 bridgehead atoms. The van der Waals surface area contributed by atoms with Gasteiger partial charge in [-0.05, 0) is 0 Å². The zero-order chi connectivity index (χ0) is 23.6. The van der Waals surface area contributed by atoms with Crippen molar-refractivity contribution >= 4 is 62.8 Å². The normalized spacial score (nSPS) is 10.2. The summed E-state index contributed by atoms with van der Waals surface area (Å²) in [5, 5.41) is 0.381. The molecule has 0 aliphatic carbocycles. The summed E-state index contributed by atoms with van der Waals surface area (Å²) in [4.78, 5) is 11.3. The van der Waals surface area contributed by atoms with Crippen LogP contribution in [0.25, 0.3) is 0 Å². The fourth-order valence-electron chi connectivity index (χ4n) is 3.42. The molecule has 0 saturated carbocycles. The van der Waals surface area contributed by atoms with E-state index in [2.05, 4.69) is 107 Å². The van der Waals surface area contributed by atoms with Crippen molar-refractivity contribution in [2.24, 2.45) is 0 Å². The number of hydrogen-bond acceptors (Lipinski definition) is 3. The topological polar surface area (TPSA) is 35.5 Å². The standard InChI is InChI=1S/C9H8ClO3Se.3C6H5.Sn/c1-12-6-4-3-5(10)8(13-2)7(6)9(11)14;3*1-2-4-6-5-3-1;/h3-4H,1-2H3;3*1-5H;. The van der Waals surface area contributed by atoms with Crippen LogP contribution in [0.4, 0.5) is 0 Å². The van der Waals surface area contributed by atoms with Gasteiger partial charge in [-0.2, -0.15) is 0 Å². The van der Waals surface area contributed by atoms with Gasteiger partial charge < -0.3 is 0 Å². The molecule has 0 aromatic heterocycles. The van der Waals surface area contributed by atoms with Gasteiger partial charge in [-0.25, -0.2) is 0 Å². The third-order valence-corrected chi connectivity index (χ3v) is 13.4. The number of methoxy groups -OCH3 is 2. The molecule has 0 unspecified atom stereocenters. The number of hydrogen-bond donors (Lipinski definition) is 0. The van der Waals surface area contributed by atoms with Gasteiger partial charge in [0.25, 0.3) is 0 Å². The predicted octanol–water partition coefficient (Wildman–Crippen LogP) is 3.87. The Hall–Kier alpha value is -2.24. The molecule has 4 rings (SSSR count). The molecule has 0 fully saturated rings. The molecule has 0 spiro atoms. The van der Waals surface area contributed by atoms with Crippen molar-refractivity contribution in [1.29, 1.82) is 0 Å². The molecular formula is C27H23ClO3SeSn. The maximum atomic E-state index is 11.3. The Morgan fingerprint density at radius 3 is 1.45 bits per heavy atom. The molecule has 3 nitrogen and oxygen atoms in total. The zero-order valence-electron chi connectivity index (χ0n) is 18.3. The third kappa shape index (κ3) is 6.64. The van der Waals surface area contributed by atoms with Crippen LogP contribution in [0.2, 0.25) is 5.02 Å². The summed E-state index contributed by atoms with van der Waals surface area (Å²) in [6.07, 6.45) is 0. The monoisotopic (exact) mass is 630 g/mol. The van der Waals surface area contributed by atoms with Crippen molar-refractivity contribution in [3.05, 3.63) is 114 Å². The molecule has 0 aliphatic heterocycles. The summed E-state index contributed by atoms with van der Waals surface area (Å²) in [6, 6.07) is 36.2. The van der Waals surface area contributed by atoms with Crippen LogP contribution in [0.1, 0.15) is 10.4 Å². The first-order valence-corrected chi connectivity index (χ1v) is 15.7. The fourth-order valence-corrected chi connectivity index (χ4v) is 11.4. The van der Waals surface area contributed by atoms with Crippen molar-refractivity contribution in [3.8, 4) is 11.5 Å². The minimum atomic E-state index is -1.98. The second kappa shape index (κ2) is 12.9. The fraction of sp³-hybridized carbons (Fsp3) is 0.0741. The van der Waals surface area contributed by atoms with Crippen LogP contribution in [0, 0.1) is 0 Å². The van der Waals surface area contributed by atoms with E-state index in [4.69, 9.17) is 21.1 Å². The zero-order valence-corrected chi connectivity index (χ0v) is 23.6. The summed E-state index contributed by atoms with van der Waals surface area (Å²) in [5.74, 6) is 0.768. The number of halogens is 1. The van der Waals surface area contributed by atoms with Crippen LogP contribution < -0.4 is 20.2 Å². The van der Waals surface area contributed by atoms with Gasteiger partial charge in [0.15, 0.2) is 0 Å². The van der Waals surface area contributed by atoms with E-state index in [1.165, 1.54) is 25.0 Å². The molecule has 0 atom stereocenters. The van der Waals surface area contributed by atoms with Crippen LogP contribution in [-0.4, -0.2) is 54.7 Å². The Labute approximate surface area is 215 Å². The van der Waals surface area contributed by atoms with Crippen molar-refractivity contribution in [3.63, 3.8) is 0 Å². The maximum absolute atomic E-state index is 11.3. The van der Waals surface area contributed by atoms with Gasteiger partial charge in [0.1, 0.15) is 0 Å². The summed E-state index contributed by atoms with van der Waals surface area (Å²) in [5.41, 5.74) is 0.322. The Balaban J connectivity index is 0.000000196. The second-order valence-electron chi connectivity index (χ2n) is 6.92. The van der Waals surface area contributed by atoms with E-state index in [0.29, 0.717) is 22.1 Å². The van der Waals surface area contributed by atoms with E-state index >= 15 is 0 Å². The molecule has 0 heterocycles. The molecule has 166 valence electrons. The first-order chi connectivity index (χ1) is 16.1. The van der Waals surface area contributed by atoms with Crippen LogP contribution in [0.5, 0.6) is 11.5 Å². The average Bonchev–Trinajstić information content (AvgIpc) is 2.86. The molecule has 6 heteroatoms. The number of rotatable bonds is 6. The summed E-state index contributed by atoms with van der Waals surface area (Å²) in [7, 11) is 2.93. The predicted molar refractivity (Wildman–Crippen MR) is 139 cm³/mol. The Kier molecular flexibility index (Phi) is 9.89. The van der Waals surface area contributed by atoms with Gasteiger partial charge >= 0.3 is 216 Å². The first kappa shape index (κ1) is 25.4. The van der Waals surface area contributed by atoms with E-state index in [-0.39, 0.29) is 4.68 Å². The number of benzene rings is 4. The van der Waals surface area contributed by atoms with Gasteiger partial charge in [-0.15, -0.1) is 0 Å². The minimum absolute atomic E-state index is 0.263. The number of carbonyl (C=O) groups excluding carboxylic acids is 1. The number of ether oxygens (including phenoxy) is 2. The van der Waals surface area contributed by atoms with Crippen LogP contribution in [0.15, 0.2) is 103 Å². The molecule has 4 aromatic rings. The Bertz CT molecular complexity index is 1080. The second-order valence-corrected chi connectivity index (χ2v) is 15.2. The van der Waals surface area contributed by atoms with E-state index in [9.17, 15) is 4.79 Å². The van der Waals surface area contributed by atoms with Crippen LogP contribution >= 0.6 is 11.6 Å². The molecule has 0 N–H and O–H groups in total. The van der Waals surface area contributed by atoms with Crippen molar-refractivity contribution in [2.45, 2.75) is 0 Å². The van der Waals surface area contributed by atoms with Crippen LogP contribution in [0.3, 0.4) is 0 Å². The van der Waals surface area contributed by atoms with E-state index < -0.39 is 19.8 Å². The molecule has 0 amide bonds. The Morgan fingerprint density at radius 2 is 1.12 bits per heavy atom. The van der Waals surface area contributed by atoms with Gasteiger partial charge in [0.05, 0.1) is 0 Å². The molecular weight excluding hydrogens is 605 g/mol. The first-order valence-electron chi connectivity index (χ1n) is 10.2. The van der Waals surface area contributed by atoms with Crippen molar-refractivity contribution in [1.82, 2.24) is 0 Å². The SMILES string of the molecule is COc1ccc(Cl)c(OC)c1C(=O)[Se].c1cc[c]([Sn]([c]2ccccc2)[c]2ccccc2)cc1. The summed E-state index contributed by atoms with van der Waals surface area (Å²) in [6.45, 7) is 0. The molecule has 0 saturated heterocycles. The number of carbonyl (C=O) groups is 1. The van der Waals surface area contributed by atoms with Crippen molar-refractivity contribution in [2.75, 3.05) is 14.2 Å². The van der Waals surface area contributed by atoms with Crippen LogP contribution in [-0.2, 0) is 0 Å². The van der Waals surface area contributed by atoms with Gasteiger partial charge in [0, 0.05) is 0 Å². The van der Waals surface area contributed by atoms with Gasteiger partial charge in [0.2, 0.25) is 0 Å². The van der Waals surface area contributed by atoms with E-state index in [1.807, 2.05) is 0 Å². The average molecular weight is 629 g/mol. The van der Waals surface area contributed by atoms with E-state index in [0.717, 1.165) is 0 Å². The summed E-state index contributed by atoms with van der Waals surface area (Å²) < 4.78 is 14.4. The molecule has 0 aliphatic rings. The quantitative estimate of drug-likeness (QED) is 0.305. The molecule has 4 aromatic carbocycles. The molecule has 33 heavy (non-hydrogen) atoms. The molecule has 2 radical (unpaired) electrons. The van der Waals surface area contributed by atoms with Gasteiger partial charge in [-0.1, -0.05) is 0 Å². The van der Waals surface area contributed by atoms with Gasteiger partial charge in [-0.3, -0.25) is 0 Å². The van der Waals surface area contributed by atoms with E-state index in [1.54, 1.807) is 12.1 Å². The Morgan fingerprint density at radius 1 is 0.697 bits per heavy atom. The summed E-state index contributed by atoms with van der Waals surface area (Å²) >= 11 is 6.25. The third-order valence-electron chi connectivity index (χ3n) is 4.89. The van der Waals surface area contributed by atoms with Crippen molar-refractivity contribution < 1.29 is 14.3 Å².